The van der Waals surface area contributed by atoms with Gasteiger partial charge < -0.3 is 5.32 Å². The van der Waals surface area contributed by atoms with Gasteiger partial charge in [-0.2, -0.15) is 0 Å². The van der Waals surface area contributed by atoms with Crippen molar-refractivity contribution in [3.63, 3.8) is 0 Å². The van der Waals surface area contributed by atoms with E-state index in [1.54, 1.807) is 12.3 Å². The van der Waals surface area contributed by atoms with Gasteiger partial charge in [-0.05, 0) is 30.2 Å². The number of nitrogens with one attached hydrogen (secondary N) is 1. The molecule has 0 saturated carbocycles. The summed E-state index contributed by atoms with van der Waals surface area (Å²) in [4.78, 5) is 20.1. The third-order valence-electron chi connectivity index (χ3n) is 2.77. The van der Waals surface area contributed by atoms with E-state index in [1.807, 2.05) is 12.1 Å². The summed E-state index contributed by atoms with van der Waals surface area (Å²) in [5, 5.41) is 3.13. The second-order valence-corrected chi connectivity index (χ2v) is 4.40. The minimum Gasteiger partial charge on any atom is -0.346 e. The Hall–Kier alpha value is -1.94. The molecule has 2 heterocycles. The maximum Gasteiger partial charge on any atom is 0.251 e. The highest BCUT2D eigenvalue weighted by Crippen LogP contribution is 2.08. The Labute approximate surface area is 116 Å². The molecule has 0 aliphatic carbocycles. The van der Waals surface area contributed by atoms with Gasteiger partial charge in [0.1, 0.15) is 5.15 Å². The minimum atomic E-state index is -0.183. The molecule has 2 aromatic heterocycles. The molecule has 2 rings (SSSR count). The zero-order chi connectivity index (χ0) is 13.7. The van der Waals surface area contributed by atoms with Crippen molar-refractivity contribution in [2.75, 3.05) is 0 Å². The minimum absolute atomic E-state index is 0.183. The largest absolute Gasteiger partial charge is 0.346 e. The van der Waals surface area contributed by atoms with Crippen molar-refractivity contribution in [3.8, 4) is 0 Å². The van der Waals surface area contributed by atoms with Crippen molar-refractivity contribution < 1.29 is 4.79 Å². The topological polar surface area (TPSA) is 54.9 Å². The van der Waals surface area contributed by atoms with Gasteiger partial charge in [0.05, 0.1) is 12.2 Å². The van der Waals surface area contributed by atoms with Crippen molar-refractivity contribution in [2.24, 2.45) is 0 Å². The lowest BCUT2D eigenvalue weighted by Gasteiger charge is -2.08. The molecule has 19 heavy (non-hydrogen) atoms. The van der Waals surface area contributed by atoms with Gasteiger partial charge >= 0.3 is 0 Å². The van der Waals surface area contributed by atoms with Gasteiger partial charge in [0.2, 0.25) is 0 Å². The molecule has 0 radical (unpaired) electrons. The van der Waals surface area contributed by atoms with Crippen LogP contribution in [0.5, 0.6) is 0 Å². The first-order chi connectivity index (χ1) is 9.20. The van der Waals surface area contributed by atoms with E-state index < -0.39 is 0 Å². The lowest BCUT2D eigenvalue weighted by atomic mass is 10.1. The highest BCUT2D eigenvalue weighted by Gasteiger charge is 2.08. The number of pyridine rings is 2. The maximum absolute atomic E-state index is 11.9. The molecule has 4 nitrogen and oxygen atoms in total. The summed E-state index contributed by atoms with van der Waals surface area (Å²) in [7, 11) is 0. The fraction of sp³-hybridized carbons (Fsp3) is 0.214. The SMILES string of the molecule is CCc1cccnc1CNC(=O)c1ccnc(Cl)c1. The zero-order valence-corrected chi connectivity index (χ0v) is 11.3. The highest BCUT2D eigenvalue weighted by atomic mass is 35.5. The molecule has 0 saturated heterocycles. The molecule has 0 aliphatic rings. The second kappa shape index (κ2) is 6.29. The predicted molar refractivity (Wildman–Crippen MR) is 74.0 cm³/mol. The Bertz CT molecular complexity index is 586. The number of carbonyl (C=O) groups is 1. The molecule has 0 aliphatic heterocycles. The monoisotopic (exact) mass is 275 g/mol. The molecular formula is C14H14ClN3O. The maximum atomic E-state index is 11.9. The summed E-state index contributed by atoms with van der Waals surface area (Å²) in [6.45, 7) is 2.47. The standard InChI is InChI=1S/C14H14ClN3O/c1-2-10-4-3-6-16-12(10)9-18-14(19)11-5-7-17-13(15)8-11/h3-8H,2,9H2,1H3,(H,18,19). The third-order valence-corrected chi connectivity index (χ3v) is 2.98. The Balaban J connectivity index is 2.04. The van der Waals surface area contributed by atoms with Gasteiger partial charge in [-0.15, -0.1) is 0 Å². The molecule has 2 aromatic rings. The van der Waals surface area contributed by atoms with E-state index in [9.17, 15) is 4.79 Å². The average molecular weight is 276 g/mol. The van der Waals surface area contributed by atoms with Gasteiger partial charge in [0.25, 0.3) is 5.91 Å². The second-order valence-electron chi connectivity index (χ2n) is 4.01. The summed E-state index contributed by atoms with van der Waals surface area (Å²) in [6, 6.07) is 7.07. The number of halogens is 1. The summed E-state index contributed by atoms with van der Waals surface area (Å²) >= 11 is 5.75. The van der Waals surface area contributed by atoms with Crippen LogP contribution in [0.2, 0.25) is 5.15 Å². The van der Waals surface area contributed by atoms with Gasteiger partial charge in [0.15, 0.2) is 0 Å². The van der Waals surface area contributed by atoms with Crippen molar-refractivity contribution in [1.82, 2.24) is 15.3 Å². The van der Waals surface area contributed by atoms with E-state index in [-0.39, 0.29) is 5.91 Å². The number of hydrogen-bond acceptors (Lipinski definition) is 3. The lowest BCUT2D eigenvalue weighted by Crippen LogP contribution is -2.24. The molecule has 0 atom stereocenters. The first-order valence-electron chi connectivity index (χ1n) is 6.03. The lowest BCUT2D eigenvalue weighted by molar-refractivity contribution is 0.0950. The van der Waals surface area contributed by atoms with Crippen LogP contribution in [0.15, 0.2) is 36.7 Å². The Kier molecular flexibility index (Phi) is 4.47. The van der Waals surface area contributed by atoms with Crippen LogP contribution < -0.4 is 5.32 Å². The Morgan fingerprint density at radius 3 is 2.89 bits per heavy atom. The molecule has 1 amide bonds. The third kappa shape index (κ3) is 3.51. The summed E-state index contributed by atoms with van der Waals surface area (Å²) < 4.78 is 0. The van der Waals surface area contributed by atoms with Crippen LogP contribution in [-0.2, 0) is 13.0 Å². The van der Waals surface area contributed by atoms with Crippen LogP contribution in [0.1, 0.15) is 28.5 Å². The molecule has 5 heteroatoms. The fourth-order valence-corrected chi connectivity index (χ4v) is 1.94. The van der Waals surface area contributed by atoms with Crippen LogP contribution in [-0.4, -0.2) is 15.9 Å². The number of amides is 1. The number of aryl methyl sites for hydroxylation is 1. The van der Waals surface area contributed by atoms with E-state index in [0.29, 0.717) is 17.3 Å². The predicted octanol–water partition coefficient (Wildman–Crippen LogP) is 2.62. The van der Waals surface area contributed by atoms with Crippen molar-refractivity contribution in [3.05, 3.63) is 58.6 Å². The fourth-order valence-electron chi connectivity index (χ4n) is 1.76. The smallest absolute Gasteiger partial charge is 0.251 e. The molecule has 0 bridgehead atoms. The summed E-state index contributed by atoms with van der Waals surface area (Å²) in [5.41, 5.74) is 2.52. The van der Waals surface area contributed by atoms with Crippen LogP contribution in [0.25, 0.3) is 0 Å². The number of aromatic nitrogens is 2. The molecular weight excluding hydrogens is 262 g/mol. The van der Waals surface area contributed by atoms with Crippen molar-refractivity contribution >= 4 is 17.5 Å². The van der Waals surface area contributed by atoms with Crippen LogP contribution in [0, 0.1) is 0 Å². The van der Waals surface area contributed by atoms with E-state index >= 15 is 0 Å². The number of rotatable bonds is 4. The Morgan fingerprint density at radius 2 is 2.16 bits per heavy atom. The van der Waals surface area contributed by atoms with E-state index in [2.05, 4.69) is 22.2 Å². The van der Waals surface area contributed by atoms with E-state index in [0.717, 1.165) is 17.7 Å². The number of nitrogens with zero attached hydrogens (tertiary/aromatic N) is 2. The van der Waals surface area contributed by atoms with Crippen LogP contribution in [0.3, 0.4) is 0 Å². The number of carbonyl (C=O) groups excluding carboxylic acids is 1. The molecule has 0 spiro atoms. The average Bonchev–Trinajstić information content (AvgIpc) is 2.45. The van der Waals surface area contributed by atoms with E-state index in [1.165, 1.54) is 12.3 Å². The van der Waals surface area contributed by atoms with E-state index in [4.69, 9.17) is 11.6 Å². The molecule has 0 fully saturated rings. The molecule has 0 aromatic carbocycles. The number of hydrogen-bond donors (Lipinski definition) is 1. The summed E-state index contributed by atoms with van der Waals surface area (Å²) in [5.74, 6) is -0.183. The highest BCUT2D eigenvalue weighted by molar-refractivity contribution is 6.29. The first-order valence-corrected chi connectivity index (χ1v) is 6.41. The quantitative estimate of drug-likeness (QED) is 0.873. The normalized spacial score (nSPS) is 10.2. The van der Waals surface area contributed by atoms with Gasteiger partial charge in [0, 0.05) is 18.0 Å². The molecule has 1 N–H and O–H groups in total. The van der Waals surface area contributed by atoms with Gasteiger partial charge in [-0.3, -0.25) is 9.78 Å². The van der Waals surface area contributed by atoms with Crippen LogP contribution in [0.4, 0.5) is 0 Å². The van der Waals surface area contributed by atoms with Crippen LogP contribution >= 0.6 is 11.6 Å². The molecule has 0 unspecified atom stereocenters. The Morgan fingerprint density at radius 1 is 1.32 bits per heavy atom. The summed E-state index contributed by atoms with van der Waals surface area (Å²) in [6.07, 6.45) is 4.12. The zero-order valence-electron chi connectivity index (χ0n) is 10.6. The van der Waals surface area contributed by atoms with Gasteiger partial charge in [-0.1, -0.05) is 24.6 Å². The van der Waals surface area contributed by atoms with Crippen molar-refractivity contribution in [2.45, 2.75) is 19.9 Å². The molecule has 98 valence electrons. The van der Waals surface area contributed by atoms with Crippen molar-refractivity contribution in [1.29, 1.82) is 0 Å². The van der Waals surface area contributed by atoms with Gasteiger partial charge in [-0.25, -0.2) is 4.98 Å². The first kappa shape index (κ1) is 13.5.